The molecule has 0 heterocycles. The fourth-order valence-corrected chi connectivity index (χ4v) is 1.58. The van der Waals surface area contributed by atoms with Gasteiger partial charge in [0.05, 0.1) is 19.8 Å². The first-order valence-electron chi connectivity index (χ1n) is 6.12. The molecule has 0 aliphatic heterocycles. The van der Waals surface area contributed by atoms with Gasteiger partial charge >= 0.3 is 5.97 Å². The van der Waals surface area contributed by atoms with E-state index in [9.17, 15) is 4.79 Å². The summed E-state index contributed by atoms with van der Waals surface area (Å²) < 4.78 is 15.1. The number of hydrogen-bond donors (Lipinski definition) is 0. The molecular formula is C12H25NO4. The Balaban J connectivity index is 3.66. The number of nitrogens with zero attached hydrogens (tertiary/aromatic N) is 1. The van der Waals surface area contributed by atoms with E-state index in [-0.39, 0.29) is 12.6 Å². The van der Waals surface area contributed by atoms with Gasteiger partial charge in [-0.2, -0.15) is 0 Å². The molecule has 0 bridgehead atoms. The van der Waals surface area contributed by atoms with Crippen LogP contribution in [-0.2, 0) is 19.0 Å². The maximum absolute atomic E-state index is 11.0. The van der Waals surface area contributed by atoms with Crippen LogP contribution in [0.25, 0.3) is 0 Å². The van der Waals surface area contributed by atoms with Gasteiger partial charge in [-0.05, 0) is 20.4 Å². The van der Waals surface area contributed by atoms with Crippen LogP contribution in [-0.4, -0.2) is 63.5 Å². The van der Waals surface area contributed by atoms with Gasteiger partial charge in [-0.1, -0.05) is 6.92 Å². The van der Waals surface area contributed by atoms with Crippen LogP contribution in [0.2, 0.25) is 0 Å². The molecule has 0 aromatic heterocycles. The SMILES string of the molecule is CCOC(=O)COCCN(CC)C(C)COC. The minimum Gasteiger partial charge on any atom is -0.464 e. The minimum atomic E-state index is -0.305. The third kappa shape index (κ3) is 8.12. The zero-order chi connectivity index (χ0) is 13.1. The Hall–Kier alpha value is -0.650. The molecule has 0 spiro atoms. The molecule has 0 aliphatic rings. The first kappa shape index (κ1) is 16.4. The predicted molar refractivity (Wildman–Crippen MR) is 66.0 cm³/mol. The summed E-state index contributed by atoms with van der Waals surface area (Å²) in [6, 6.07) is 0.358. The van der Waals surface area contributed by atoms with Crippen molar-refractivity contribution in [3.05, 3.63) is 0 Å². The van der Waals surface area contributed by atoms with Crippen molar-refractivity contribution in [1.29, 1.82) is 0 Å². The topological polar surface area (TPSA) is 48.0 Å². The van der Waals surface area contributed by atoms with Crippen molar-refractivity contribution in [2.45, 2.75) is 26.8 Å². The minimum absolute atomic E-state index is 0.0318. The largest absolute Gasteiger partial charge is 0.464 e. The third-order valence-electron chi connectivity index (χ3n) is 2.49. The van der Waals surface area contributed by atoms with E-state index >= 15 is 0 Å². The van der Waals surface area contributed by atoms with Gasteiger partial charge in [-0.3, -0.25) is 4.90 Å². The second kappa shape index (κ2) is 10.5. The summed E-state index contributed by atoms with van der Waals surface area (Å²) in [4.78, 5) is 13.3. The second-order valence-electron chi connectivity index (χ2n) is 3.79. The molecule has 0 amide bonds. The molecule has 102 valence electrons. The molecule has 5 heteroatoms. The molecule has 0 aromatic carbocycles. The molecule has 1 atom stereocenters. The second-order valence-corrected chi connectivity index (χ2v) is 3.79. The molecule has 17 heavy (non-hydrogen) atoms. The highest BCUT2D eigenvalue weighted by molar-refractivity contribution is 5.70. The molecule has 0 aromatic rings. The lowest BCUT2D eigenvalue weighted by Crippen LogP contribution is -2.38. The fraction of sp³-hybridized carbons (Fsp3) is 0.917. The monoisotopic (exact) mass is 247 g/mol. The molecule has 0 rings (SSSR count). The Bertz CT molecular complexity index is 199. The van der Waals surface area contributed by atoms with E-state index in [1.165, 1.54) is 0 Å². The Labute approximate surface area is 104 Å². The summed E-state index contributed by atoms with van der Waals surface area (Å²) in [6.07, 6.45) is 0. The zero-order valence-electron chi connectivity index (χ0n) is 11.4. The van der Waals surface area contributed by atoms with Crippen molar-refractivity contribution < 1.29 is 19.0 Å². The van der Waals surface area contributed by atoms with E-state index < -0.39 is 0 Å². The van der Waals surface area contributed by atoms with Crippen LogP contribution < -0.4 is 0 Å². The summed E-state index contributed by atoms with van der Waals surface area (Å²) in [5.41, 5.74) is 0. The van der Waals surface area contributed by atoms with Crippen molar-refractivity contribution in [3.8, 4) is 0 Å². The maximum Gasteiger partial charge on any atom is 0.332 e. The molecule has 0 saturated heterocycles. The number of likely N-dealkylation sites (N-methyl/N-ethyl adjacent to an activating group) is 1. The molecular weight excluding hydrogens is 222 g/mol. The third-order valence-corrected chi connectivity index (χ3v) is 2.49. The van der Waals surface area contributed by atoms with Crippen LogP contribution in [0.3, 0.4) is 0 Å². The Morgan fingerprint density at radius 1 is 1.35 bits per heavy atom. The van der Waals surface area contributed by atoms with Gasteiger partial charge < -0.3 is 14.2 Å². The standard InChI is InChI=1S/C12H25NO4/c1-5-13(11(3)9-15-4)7-8-16-10-12(14)17-6-2/h11H,5-10H2,1-4H3. The van der Waals surface area contributed by atoms with Crippen LogP contribution in [0.5, 0.6) is 0 Å². The van der Waals surface area contributed by atoms with E-state index in [0.29, 0.717) is 25.9 Å². The van der Waals surface area contributed by atoms with Gasteiger partial charge in [0.25, 0.3) is 0 Å². The van der Waals surface area contributed by atoms with E-state index in [0.717, 1.165) is 13.1 Å². The number of carbonyl (C=O) groups is 1. The van der Waals surface area contributed by atoms with Crippen LogP contribution in [0.15, 0.2) is 0 Å². The Morgan fingerprint density at radius 3 is 2.59 bits per heavy atom. The van der Waals surface area contributed by atoms with Crippen LogP contribution in [0.4, 0.5) is 0 Å². The van der Waals surface area contributed by atoms with Gasteiger partial charge in [0.2, 0.25) is 0 Å². The molecule has 0 fully saturated rings. The van der Waals surface area contributed by atoms with Crippen molar-refractivity contribution in [2.75, 3.05) is 46.6 Å². The summed E-state index contributed by atoms with van der Waals surface area (Å²) in [5, 5.41) is 0. The van der Waals surface area contributed by atoms with E-state index in [4.69, 9.17) is 14.2 Å². The van der Waals surface area contributed by atoms with Crippen LogP contribution in [0.1, 0.15) is 20.8 Å². The van der Waals surface area contributed by atoms with E-state index in [2.05, 4.69) is 18.7 Å². The molecule has 0 radical (unpaired) electrons. The molecule has 0 N–H and O–H groups in total. The van der Waals surface area contributed by atoms with Crippen molar-refractivity contribution in [3.63, 3.8) is 0 Å². The number of ether oxygens (including phenoxy) is 3. The first-order valence-corrected chi connectivity index (χ1v) is 6.12. The molecule has 5 nitrogen and oxygen atoms in total. The summed E-state index contributed by atoms with van der Waals surface area (Å²) >= 11 is 0. The summed E-state index contributed by atoms with van der Waals surface area (Å²) in [5.74, 6) is -0.305. The van der Waals surface area contributed by atoms with Gasteiger partial charge in [0, 0.05) is 19.7 Å². The van der Waals surface area contributed by atoms with E-state index in [1.54, 1.807) is 14.0 Å². The number of esters is 1. The molecule has 1 unspecified atom stereocenters. The number of rotatable bonds is 10. The lowest BCUT2D eigenvalue weighted by Gasteiger charge is -2.26. The lowest BCUT2D eigenvalue weighted by atomic mass is 10.3. The van der Waals surface area contributed by atoms with Crippen molar-refractivity contribution in [1.82, 2.24) is 4.90 Å². The highest BCUT2D eigenvalue weighted by atomic mass is 16.6. The number of methoxy groups -OCH3 is 1. The number of hydrogen-bond acceptors (Lipinski definition) is 5. The van der Waals surface area contributed by atoms with Gasteiger partial charge in [0.1, 0.15) is 6.61 Å². The molecule has 0 saturated carbocycles. The average molecular weight is 247 g/mol. The van der Waals surface area contributed by atoms with Crippen molar-refractivity contribution in [2.24, 2.45) is 0 Å². The highest BCUT2D eigenvalue weighted by Gasteiger charge is 2.11. The van der Waals surface area contributed by atoms with Crippen LogP contribution >= 0.6 is 0 Å². The van der Waals surface area contributed by atoms with Gasteiger partial charge in [-0.25, -0.2) is 4.79 Å². The van der Waals surface area contributed by atoms with Crippen molar-refractivity contribution >= 4 is 5.97 Å². The average Bonchev–Trinajstić information content (AvgIpc) is 2.29. The normalized spacial score (nSPS) is 12.8. The van der Waals surface area contributed by atoms with Gasteiger partial charge in [0.15, 0.2) is 0 Å². The molecule has 0 aliphatic carbocycles. The smallest absolute Gasteiger partial charge is 0.332 e. The van der Waals surface area contributed by atoms with Gasteiger partial charge in [-0.15, -0.1) is 0 Å². The van der Waals surface area contributed by atoms with E-state index in [1.807, 2.05) is 0 Å². The Kier molecular flexibility index (Phi) is 10.1. The van der Waals surface area contributed by atoms with Crippen LogP contribution in [0, 0.1) is 0 Å². The Morgan fingerprint density at radius 2 is 2.06 bits per heavy atom. The summed E-state index contributed by atoms with van der Waals surface area (Å²) in [7, 11) is 1.70. The summed E-state index contributed by atoms with van der Waals surface area (Å²) in [6.45, 7) is 9.37. The number of carbonyl (C=O) groups excluding carboxylic acids is 1. The predicted octanol–water partition coefficient (Wildman–Crippen LogP) is 0.923. The quantitative estimate of drug-likeness (QED) is 0.424. The highest BCUT2D eigenvalue weighted by Crippen LogP contribution is 1.98. The maximum atomic E-state index is 11.0. The lowest BCUT2D eigenvalue weighted by molar-refractivity contribution is -0.148. The fourth-order valence-electron chi connectivity index (χ4n) is 1.58. The first-order chi connectivity index (χ1) is 8.15. The zero-order valence-corrected chi connectivity index (χ0v) is 11.4.